The van der Waals surface area contributed by atoms with Crippen molar-refractivity contribution in [2.75, 3.05) is 0 Å². The van der Waals surface area contributed by atoms with Crippen LogP contribution in [-0.2, 0) is 13.0 Å². The molecule has 0 aliphatic carbocycles. The van der Waals surface area contributed by atoms with Gasteiger partial charge in [-0.3, -0.25) is 9.36 Å². The van der Waals surface area contributed by atoms with E-state index >= 15 is 0 Å². The van der Waals surface area contributed by atoms with Crippen LogP contribution in [0.5, 0.6) is 0 Å². The molecule has 0 amide bonds. The molecule has 0 unspecified atom stereocenters. The third-order valence-electron chi connectivity index (χ3n) is 4.23. The number of benzene rings is 2. The number of hydrogen-bond acceptors (Lipinski definition) is 2. The minimum absolute atomic E-state index is 0.348. The number of aromatic nitrogens is 2. The fourth-order valence-corrected chi connectivity index (χ4v) is 3.40. The van der Waals surface area contributed by atoms with Crippen LogP contribution in [0.1, 0.15) is 12.0 Å². The first kappa shape index (κ1) is 14.2. The van der Waals surface area contributed by atoms with Crippen molar-refractivity contribution in [1.29, 1.82) is 0 Å². The molecule has 1 aliphatic heterocycles. The van der Waals surface area contributed by atoms with Gasteiger partial charge in [0.1, 0.15) is 5.82 Å². The molecule has 6 heteroatoms. The number of rotatable bonds is 1. The molecule has 2 heterocycles. The van der Waals surface area contributed by atoms with Crippen molar-refractivity contribution in [2.45, 2.75) is 19.4 Å². The molecule has 4 nitrogen and oxygen atoms in total. The highest BCUT2D eigenvalue weighted by Gasteiger charge is 2.22. The van der Waals surface area contributed by atoms with E-state index in [9.17, 15) is 14.0 Å². The van der Waals surface area contributed by atoms with Crippen LogP contribution in [0.4, 0.5) is 4.39 Å². The Morgan fingerprint density at radius 3 is 2.74 bits per heavy atom. The van der Waals surface area contributed by atoms with Gasteiger partial charge in [-0.1, -0.05) is 17.7 Å². The zero-order valence-corrected chi connectivity index (χ0v) is 12.8. The van der Waals surface area contributed by atoms with Gasteiger partial charge in [-0.15, -0.1) is 0 Å². The van der Waals surface area contributed by atoms with Crippen molar-refractivity contribution in [3.05, 3.63) is 73.6 Å². The molecule has 0 saturated heterocycles. The zero-order chi connectivity index (χ0) is 16.1. The fourth-order valence-electron chi connectivity index (χ4n) is 3.22. The van der Waals surface area contributed by atoms with Gasteiger partial charge in [0.15, 0.2) is 0 Å². The molecule has 116 valence electrons. The average molecular weight is 331 g/mol. The summed E-state index contributed by atoms with van der Waals surface area (Å²) in [5.74, 6) is -0.370. The predicted octanol–water partition coefficient (Wildman–Crippen LogP) is 2.89. The van der Waals surface area contributed by atoms with Crippen molar-refractivity contribution in [2.24, 2.45) is 0 Å². The van der Waals surface area contributed by atoms with E-state index in [1.54, 1.807) is 24.3 Å². The van der Waals surface area contributed by atoms with E-state index in [1.807, 2.05) is 0 Å². The second-order valence-electron chi connectivity index (χ2n) is 5.58. The van der Waals surface area contributed by atoms with Gasteiger partial charge in [-0.25, -0.2) is 13.8 Å². The van der Waals surface area contributed by atoms with E-state index in [4.69, 9.17) is 11.6 Å². The topological polar surface area (TPSA) is 44.0 Å². The van der Waals surface area contributed by atoms with E-state index in [0.717, 1.165) is 4.57 Å². The Labute approximate surface area is 135 Å². The summed E-state index contributed by atoms with van der Waals surface area (Å²) in [4.78, 5) is 25.6. The lowest BCUT2D eigenvalue weighted by atomic mass is 10.0. The molecule has 1 aromatic heterocycles. The summed E-state index contributed by atoms with van der Waals surface area (Å²) in [5.41, 5.74) is 0.364. The smallest absolute Gasteiger partial charge is 0.292 e. The lowest BCUT2D eigenvalue weighted by Crippen LogP contribution is -2.40. The van der Waals surface area contributed by atoms with Crippen molar-refractivity contribution < 1.29 is 4.39 Å². The Morgan fingerprint density at radius 1 is 1.13 bits per heavy atom. The third kappa shape index (κ3) is 2.04. The van der Waals surface area contributed by atoms with Crippen LogP contribution in [0, 0.1) is 5.82 Å². The summed E-state index contributed by atoms with van der Waals surface area (Å²) < 4.78 is 16.6. The Hall–Kier alpha value is -2.40. The molecule has 0 N–H and O–H groups in total. The van der Waals surface area contributed by atoms with Crippen molar-refractivity contribution in [3.8, 4) is 5.69 Å². The van der Waals surface area contributed by atoms with E-state index in [0.29, 0.717) is 46.6 Å². The van der Waals surface area contributed by atoms with Crippen molar-refractivity contribution >= 4 is 22.5 Å². The first-order chi connectivity index (χ1) is 11.1. The van der Waals surface area contributed by atoms with E-state index in [2.05, 4.69) is 0 Å². The number of aryl methyl sites for hydroxylation is 2. The van der Waals surface area contributed by atoms with Crippen LogP contribution in [0.15, 0.2) is 46.0 Å². The minimum atomic E-state index is -0.462. The molecule has 1 aliphatic rings. The largest absolute Gasteiger partial charge is 0.336 e. The molecule has 0 radical (unpaired) electrons. The highest BCUT2D eigenvalue weighted by molar-refractivity contribution is 6.30. The van der Waals surface area contributed by atoms with E-state index < -0.39 is 11.2 Å². The Bertz CT molecular complexity index is 1070. The summed E-state index contributed by atoms with van der Waals surface area (Å²) in [6.45, 7) is 0.465. The molecule has 0 spiro atoms. The van der Waals surface area contributed by atoms with Gasteiger partial charge >= 0.3 is 5.69 Å². The quantitative estimate of drug-likeness (QED) is 0.688. The van der Waals surface area contributed by atoms with Gasteiger partial charge in [0.05, 0.1) is 16.6 Å². The summed E-state index contributed by atoms with van der Waals surface area (Å²) in [6, 6.07) is 9.31. The van der Waals surface area contributed by atoms with Gasteiger partial charge in [0.2, 0.25) is 0 Å². The van der Waals surface area contributed by atoms with Gasteiger partial charge in [0.25, 0.3) is 5.56 Å². The first-order valence-corrected chi connectivity index (χ1v) is 7.68. The lowest BCUT2D eigenvalue weighted by Gasteiger charge is -2.21. The fraction of sp³-hybridized carbons (Fsp3) is 0.176. The second kappa shape index (κ2) is 5.06. The van der Waals surface area contributed by atoms with Crippen LogP contribution in [-0.4, -0.2) is 9.13 Å². The molecule has 2 aromatic carbocycles. The first-order valence-electron chi connectivity index (χ1n) is 7.31. The van der Waals surface area contributed by atoms with Crippen LogP contribution < -0.4 is 11.2 Å². The lowest BCUT2D eigenvalue weighted by molar-refractivity contribution is 0.552. The molecule has 3 aromatic rings. The highest BCUT2D eigenvalue weighted by Crippen LogP contribution is 2.24. The van der Waals surface area contributed by atoms with Gasteiger partial charge < -0.3 is 0 Å². The number of nitrogens with zero attached hydrogens (tertiary/aromatic N) is 2. The van der Waals surface area contributed by atoms with E-state index in [1.165, 1.54) is 16.7 Å². The third-order valence-corrected chi connectivity index (χ3v) is 4.46. The second-order valence-corrected chi connectivity index (χ2v) is 6.02. The van der Waals surface area contributed by atoms with Gasteiger partial charge in [-0.05, 0) is 43.2 Å². The van der Waals surface area contributed by atoms with Crippen LogP contribution >= 0.6 is 11.6 Å². The van der Waals surface area contributed by atoms with Crippen LogP contribution in [0.3, 0.4) is 0 Å². The molecule has 0 atom stereocenters. The summed E-state index contributed by atoms with van der Waals surface area (Å²) in [5, 5.41) is 0.785. The average Bonchev–Trinajstić information content (AvgIpc) is 2.54. The number of hydrogen-bond donors (Lipinski definition) is 0. The Kier molecular flexibility index (Phi) is 3.13. The predicted molar refractivity (Wildman–Crippen MR) is 87.1 cm³/mol. The molecular weight excluding hydrogens is 319 g/mol. The summed E-state index contributed by atoms with van der Waals surface area (Å²) >= 11 is 5.97. The summed E-state index contributed by atoms with van der Waals surface area (Å²) in [6.07, 6.45) is 1.19. The van der Waals surface area contributed by atoms with E-state index in [-0.39, 0.29) is 5.82 Å². The van der Waals surface area contributed by atoms with Gasteiger partial charge in [0, 0.05) is 17.1 Å². The summed E-state index contributed by atoms with van der Waals surface area (Å²) in [7, 11) is 0. The molecule has 0 fully saturated rings. The highest BCUT2D eigenvalue weighted by atomic mass is 35.5. The van der Waals surface area contributed by atoms with Crippen LogP contribution in [0.2, 0.25) is 5.02 Å². The maximum Gasteiger partial charge on any atom is 0.336 e. The van der Waals surface area contributed by atoms with Crippen molar-refractivity contribution in [1.82, 2.24) is 9.13 Å². The maximum atomic E-state index is 14.0. The standard InChI is InChI=1S/C17H12ClFN2O2/c18-10-3-1-4-11(9-10)21-16(22)13-6-7-14(19)12-5-2-8-20(15(12)13)17(21)23/h1,3-4,6-7,9H,2,5,8H2. The van der Waals surface area contributed by atoms with Crippen molar-refractivity contribution in [3.63, 3.8) is 0 Å². The maximum absolute atomic E-state index is 14.0. The Morgan fingerprint density at radius 2 is 1.96 bits per heavy atom. The molecule has 0 bridgehead atoms. The molecule has 4 rings (SSSR count). The molecule has 0 saturated carbocycles. The SMILES string of the molecule is O=c1c2ccc(F)c3c2n(c(=O)n1-c1cccc(Cl)c1)CCC3. The van der Waals surface area contributed by atoms with Crippen LogP contribution in [0.25, 0.3) is 16.6 Å². The number of halogens is 2. The minimum Gasteiger partial charge on any atom is -0.292 e. The zero-order valence-electron chi connectivity index (χ0n) is 12.1. The molecular formula is C17H12ClFN2O2. The molecule has 23 heavy (non-hydrogen) atoms. The van der Waals surface area contributed by atoms with Gasteiger partial charge in [-0.2, -0.15) is 0 Å². The Balaban J connectivity index is 2.19. The monoisotopic (exact) mass is 330 g/mol. The normalized spacial score (nSPS) is 13.5.